The fraction of sp³-hybridized carbons (Fsp3) is 0.455. The third kappa shape index (κ3) is 2.69. The Balaban J connectivity index is 1.68. The fourth-order valence-corrected chi connectivity index (χ4v) is 5.34. The molecule has 3 aliphatic rings. The van der Waals surface area contributed by atoms with Crippen LogP contribution in [-0.4, -0.2) is 25.7 Å². The van der Waals surface area contributed by atoms with Crippen molar-refractivity contribution in [3.63, 3.8) is 0 Å². The number of nitrogen functional groups attached to an aromatic ring is 1. The van der Waals surface area contributed by atoms with Crippen LogP contribution in [0.25, 0.3) is 11.1 Å². The Morgan fingerprint density at radius 1 is 1.14 bits per heavy atom. The highest BCUT2D eigenvalue weighted by molar-refractivity contribution is 5.83. The highest BCUT2D eigenvalue weighted by Crippen LogP contribution is 2.49. The molecule has 28 heavy (non-hydrogen) atoms. The number of benzene rings is 2. The molecule has 0 bridgehead atoms. The summed E-state index contributed by atoms with van der Waals surface area (Å²) >= 11 is 0. The summed E-state index contributed by atoms with van der Waals surface area (Å²) in [6.45, 7) is 3.02. The maximum atomic E-state index is 13.3. The quantitative estimate of drug-likeness (QED) is 0.705. The summed E-state index contributed by atoms with van der Waals surface area (Å²) < 4.78 is 40.0. The monoisotopic (exact) mass is 387 g/mol. The van der Waals surface area contributed by atoms with Gasteiger partial charge in [-0.05, 0) is 67.1 Å². The average Bonchev–Trinajstić information content (AvgIpc) is 2.82. The minimum atomic E-state index is -4.45. The molecule has 3 heterocycles. The van der Waals surface area contributed by atoms with Gasteiger partial charge in [-0.2, -0.15) is 13.2 Å². The molecule has 0 aromatic heterocycles. The third-order valence-corrected chi connectivity index (χ3v) is 6.57. The summed E-state index contributed by atoms with van der Waals surface area (Å²) in [7, 11) is 0. The van der Waals surface area contributed by atoms with Crippen LogP contribution < -0.4 is 16.0 Å². The number of nitrogens with one attached hydrogen (secondary N) is 1. The van der Waals surface area contributed by atoms with Crippen LogP contribution in [0.5, 0.6) is 0 Å². The molecule has 148 valence electrons. The van der Waals surface area contributed by atoms with Crippen molar-refractivity contribution in [2.75, 3.05) is 30.3 Å². The van der Waals surface area contributed by atoms with E-state index in [4.69, 9.17) is 5.73 Å². The highest BCUT2D eigenvalue weighted by atomic mass is 19.4. The molecule has 0 aliphatic carbocycles. The molecule has 3 aliphatic heterocycles. The second kappa shape index (κ2) is 6.41. The smallest absolute Gasteiger partial charge is 0.398 e. The van der Waals surface area contributed by atoms with Crippen LogP contribution >= 0.6 is 0 Å². The van der Waals surface area contributed by atoms with Crippen LogP contribution in [0, 0.1) is 0 Å². The molecule has 0 amide bonds. The number of hydrogen-bond donors (Lipinski definition) is 2. The van der Waals surface area contributed by atoms with E-state index in [-0.39, 0.29) is 5.69 Å². The van der Waals surface area contributed by atoms with Crippen molar-refractivity contribution in [3.8, 4) is 11.1 Å². The van der Waals surface area contributed by atoms with E-state index in [0.29, 0.717) is 17.5 Å². The van der Waals surface area contributed by atoms with E-state index in [2.05, 4.69) is 22.3 Å². The number of nitrogens with two attached hydrogens (primary N) is 1. The van der Waals surface area contributed by atoms with E-state index in [1.807, 2.05) is 0 Å². The SMILES string of the molecule is Nc1c(-c2cc3c4c(c2)[C@@H]2CNCC[C@@H]2N4CCCC3)cccc1C(F)(F)F. The van der Waals surface area contributed by atoms with Gasteiger partial charge >= 0.3 is 6.18 Å². The Morgan fingerprint density at radius 3 is 2.82 bits per heavy atom. The molecule has 1 fully saturated rings. The van der Waals surface area contributed by atoms with Gasteiger partial charge in [-0.15, -0.1) is 0 Å². The molecule has 2 aromatic carbocycles. The number of alkyl halides is 3. The normalized spacial score (nSPS) is 23.9. The molecule has 0 unspecified atom stereocenters. The summed E-state index contributed by atoms with van der Waals surface area (Å²) in [4.78, 5) is 2.57. The maximum absolute atomic E-state index is 13.3. The summed E-state index contributed by atoms with van der Waals surface area (Å²) in [5.74, 6) is 0.396. The summed E-state index contributed by atoms with van der Waals surface area (Å²) in [6, 6.07) is 8.90. The van der Waals surface area contributed by atoms with Crippen molar-refractivity contribution < 1.29 is 13.2 Å². The first kappa shape index (κ1) is 17.9. The van der Waals surface area contributed by atoms with Gasteiger partial charge in [-0.25, -0.2) is 0 Å². The van der Waals surface area contributed by atoms with Gasteiger partial charge in [0.2, 0.25) is 0 Å². The molecule has 2 aromatic rings. The Kier molecular flexibility index (Phi) is 4.09. The first-order valence-corrected chi connectivity index (χ1v) is 10.1. The molecule has 1 saturated heterocycles. The highest BCUT2D eigenvalue weighted by Gasteiger charge is 2.42. The summed E-state index contributed by atoms with van der Waals surface area (Å²) in [6.07, 6.45) is -0.0954. The molecule has 0 saturated carbocycles. The van der Waals surface area contributed by atoms with E-state index in [1.165, 1.54) is 22.9 Å². The summed E-state index contributed by atoms with van der Waals surface area (Å²) in [5, 5.41) is 3.50. The lowest BCUT2D eigenvalue weighted by molar-refractivity contribution is -0.136. The lowest BCUT2D eigenvalue weighted by Crippen LogP contribution is -2.44. The van der Waals surface area contributed by atoms with Gasteiger partial charge in [0, 0.05) is 36.3 Å². The number of rotatable bonds is 1. The number of anilines is 2. The largest absolute Gasteiger partial charge is 0.418 e. The minimum absolute atomic E-state index is 0.177. The Labute approximate surface area is 162 Å². The Hall–Kier alpha value is -2.21. The standard InChI is InChI=1S/C22H24F3N3/c23-22(24,25)18-6-3-5-15(20(18)26)14-10-13-4-1-2-9-28-19-7-8-27-12-17(19)16(11-14)21(13)28/h3,5-6,10-11,17,19,27H,1-2,4,7-9,12,26H2/t17-,19-/m0/s1. The predicted octanol–water partition coefficient (Wildman–Crippen LogP) is 4.56. The van der Waals surface area contributed by atoms with E-state index in [1.54, 1.807) is 6.07 Å². The average molecular weight is 387 g/mol. The van der Waals surface area contributed by atoms with Gasteiger partial charge in [0.1, 0.15) is 0 Å². The number of nitrogens with zero attached hydrogens (tertiary/aromatic N) is 1. The van der Waals surface area contributed by atoms with Crippen LogP contribution in [-0.2, 0) is 12.6 Å². The van der Waals surface area contributed by atoms with Gasteiger partial charge in [-0.3, -0.25) is 0 Å². The van der Waals surface area contributed by atoms with Crippen LogP contribution in [0.4, 0.5) is 24.5 Å². The van der Waals surface area contributed by atoms with E-state index in [0.717, 1.165) is 56.9 Å². The first-order chi connectivity index (χ1) is 13.4. The Bertz CT molecular complexity index is 922. The number of halogens is 3. The second-order valence-corrected chi connectivity index (χ2v) is 8.15. The topological polar surface area (TPSA) is 41.3 Å². The summed E-state index contributed by atoms with van der Waals surface area (Å²) in [5.41, 5.74) is 10.2. The molecule has 0 radical (unpaired) electrons. The van der Waals surface area contributed by atoms with Crippen molar-refractivity contribution in [2.45, 2.75) is 43.8 Å². The van der Waals surface area contributed by atoms with E-state index >= 15 is 0 Å². The third-order valence-electron chi connectivity index (χ3n) is 6.57. The van der Waals surface area contributed by atoms with Crippen molar-refractivity contribution in [2.24, 2.45) is 0 Å². The fourth-order valence-electron chi connectivity index (χ4n) is 5.34. The zero-order valence-electron chi connectivity index (χ0n) is 15.6. The van der Waals surface area contributed by atoms with E-state index < -0.39 is 11.7 Å². The number of fused-ring (bicyclic) bond motifs is 3. The molecule has 5 rings (SSSR count). The molecular formula is C22H24F3N3. The van der Waals surface area contributed by atoms with Crippen molar-refractivity contribution in [1.82, 2.24) is 5.32 Å². The zero-order chi connectivity index (χ0) is 19.5. The molecule has 3 nitrogen and oxygen atoms in total. The van der Waals surface area contributed by atoms with E-state index in [9.17, 15) is 13.2 Å². The van der Waals surface area contributed by atoms with Crippen LogP contribution in [0.3, 0.4) is 0 Å². The van der Waals surface area contributed by atoms with Gasteiger partial charge in [0.05, 0.1) is 11.3 Å². The lowest BCUT2D eigenvalue weighted by atomic mass is 9.86. The van der Waals surface area contributed by atoms with Crippen molar-refractivity contribution in [3.05, 3.63) is 47.0 Å². The molecule has 3 N–H and O–H groups in total. The maximum Gasteiger partial charge on any atom is 0.418 e. The van der Waals surface area contributed by atoms with Gasteiger partial charge in [0.15, 0.2) is 0 Å². The number of piperidine rings is 1. The van der Waals surface area contributed by atoms with Crippen molar-refractivity contribution in [1.29, 1.82) is 0 Å². The molecular weight excluding hydrogens is 363 g/mol. The first-order valence-electron chi connectivity index (χ1n) is 10.1. The number of para-hydroxylation sites is 1. The number of aryl methyl sites for hydroxylation is 1. The van der Waals surface area contributed by atoms with Gasteiger partial charge in [0.25, 0.3) is 0 Å². The Morgan fingerprint density at radius 2 is 2.00 bits per heavy atom. The molecule has 2 atom stereocenters. The predicted molar refractivity (Wildman–Crippen MR) is 106 cm³/mol. The lowest BCUT2D eigenvalue weighted by Gasteiger charge is -2.33. The number of hydrogen-bond acceptors (Lipinski definition) is 3. The van der Waals surface area contributed by atoms with Crippen LogP contribution in [0.2, 0.25) is 0 Å². The molecule has 6 heteroatoms. The minimum Gasteiger partial charge on any atom is -0.398 e. The second-order valence-electron chi connectivity index (χ2n) is 8.15. The zero-order valence-corrected chi connectivity index (χ0v) is 15.6. The van der Waals surface area contributed by atoms with Gasteiger partial charge < -0.3 is 16.0 Å². The van der Waals surface area contributed by atoms with Crippen molar-refractivity contribution >= 4 is 11.4 Å². The van der Waals surface area contributed by atoms with Crippen LogP contribution in [0.1, 0.15) is 41.9 Å². The van der Waals surface area contributed by atoms with Crippen LogP contribution in [0.15, 0.2) is 30.3 Å². The van der Waals surface area contributed by atoms with Gasteiger partial charge in [-0.1, -0.05) is 12.1 Å². The molecule has 0 spiro atoms.